The predicted octanol–water partition coefficient (Wildman–Crippen LogP) is 2.00. The van der Waals surface area contributed by atoms with Crippen molar-refractivity contribution in [1.82, 2.24) is 15.3 Å². The Morgan fingerprint density at radius 3 is 2.75 bits per heavy atom. The summed E-state index contributed by atoms with van der Waals surface area (Å²) in [6, 6.07) is 1.62. The summed E-state index contributed by atoms with van der Waals surface area (Å²) in [6.07, 6.45) is 1.49. The first-order valence-electron chi connectivity index (χ1n) is 6.27. The predicted molar refractivity (Wildman–Crippen MR) is 80.6 cm³/mol. The van der Waals surface area contributed by atoms with Crippen LogP contribution < -0.4 is 10.0 Å². The minimum absolute atomic E-state index is 0.218. The van der Waals surface area contributed by atoms with E-state index in [1.165, 1.54) is 17.5 Å². The molecule has 0 aliphatic rings. The summed E-state index contributed by atoms with van der Waals surface area (Å²) in [5, 5.41) is 3.53. The lowest BCUT2D eigenvalue weighted by atomic mass is 10.4. The third-order valence-electron chi connectivity index (χ3n) is 2.84. The second kappa shape index (κ2) is 5.94. The standard InChI is InChI=1S/C12H18N4O2S2/c1-4-13-6-10-5-11(7-14-10)20(17,18)16-12-15-8(2)9(3)19-12/h5,7,13-14H,4,6H2,1-3H3,(H,15,16). The molecule has 0 aliphatic carbocycles. The number of H-pyrrole nitrogens is 1. The number of aryl methyl sites for hydroxylation is 2. The third-order valence-corrected chi connectivity index (χ3v) is 5.28. The number of hydrogen-bond acceptors (Lipinski definition) is 5. The number of aromatic nitrogens is 2. The van der Waals surface area contributed by atoms with Crippen LogP contribution in [0.15, 0.2) is 17.2 Å². The molecule has 2 aromatic heterocycles. The quantitative estimate of drug-likeness (QED) is 0.761. The molecule has 0 fully saturated rings. The van der Waals surface area contributed by atoms with Crippen LogP contribution in [0.2, 0.25) is 0 Å². The fourth-order valence-electron chi connectivity index (χ4n) is 1.63. The Labute approximate surface area is 122 Å². The second-order valence-electron chi connectivity index (χ2n) is 4.41. The molecule has 0 unspecified atom stereocenters. The molecule has 0 aliphatic heterocycles. The lowest BCUT2D eigenvalue weighted by molar-refractivity contribution is 0.601. The zero-order valence-corrected chi connectivity index (χ0v) is 13.3. The van der Waals surface area contributed by atoms with Crippen LogP contribution in [-0.2, 0) is 16.6 Å². The van der Waals surface area contributed by atoms with Crippen molar-refractivity contribution in [2.45, 2.75) is 32.2 Å². The Morgan fingerprint density at radius 1 is 1.40 bits per heavy atom. The Hall–Kier alpha value is -1.38. The van der Waals surface area contributed by atoms with Gasteiger partial charge in [-0.3, -0.25) is 4.72 Å². The smallest absolute Gasteiger partial charge is 0.265 e. The maximum absolute atomic E-state index is 12.2. The average molecular weight is 314 g/mol. The number of hydrogen-bond donors (Lipinski definition) is 3. The second-order valence-corrected chi connectivity index (χ2v) is 7.29. The van der Waals surface area contributed by atoms with Crippen LogP contribution in [0.3, 0.4) is 0 Å². The Kier molecular flexibility index (Phi) is 4.46. The molecule has 0 atom stereocenters. The van der Waals surface area contributed by atoms with Gasteiger partial charge in [0.1, 0.15) is 4.90 Å². The highest BCUT2D eigenvalue weighted by Crippen LogP contribution is 2.24. The van der Waals surface area contributed by atoms with Crippen molar-refractivity contribution in [3.05, 3.63) is 28.5 Å². The van der Waals surface area contributed by atoms with Crippen LogP contribution in [0.25, 0.3) is 0 Å². The monoisotopic (exact) mass is 314 g/mol. The van der Waals surface area contributed by atoms with E-state index in [2.05, 4.69) is 20.0 Å². The lowest BCUT2D eigenvalue weighted by Crippen LogP contribution is -2.13. The molecular weight excluding hydrogens is 296 g/mol. The molecule has 2 rings (SSSR count). The molecule has 0 amide bonds. The van der Waals surface area contributed by atoms with Gasteiger partial charge in [0.2, 0.25) is 0 Å². The van der Waals surface area contributed by atoms with Crippen molar-refractivity contribution in [3.8, 4) is 0 Å². The molecule has 0 aromatic carbocycles. The van der Waals surface area contributed by atoms with E-state index in [0.717, 1.165) is 22.8 Å². The van der Waals surface area contributed by atoms with Gasteiger partial charge in [0.05, 0.1) is 5.69 Å². The van der Waals surface area contributed by atoms with Crippen LogP contribution in [0.5, 0.6) is 0 Å². The van der Waals surface area contributed by atoms with Gasteiger partial charge in [-0.05, 0) is 26.5 Å². The van der Waals surface area contributed by atoms with Gasteiger partial charge in [-0.15, -0.1) is 11.3 Å². The van der Waals surface area contributed by atoms with Gasteiger partial charge in [-0.1, -0.05) is 6.92 Å². The number of anilines is 1. The van der Waals surface area contributed by atoms with Gasteiger partial charge in [-0.25, -0.2) is 13.4 Å². The maximum atomic E-state index is 12.2. The molecule has 0 radical (unpaired) electrons. The van der Waals surface area contributed by atoms with Crippen molar-refractivity contribution in [1.29, 1.82) is 0 Å². The molecule has 0 spiro atoms. The summed E-state index contributed by atoms with van der Waals surface area (Å²) >= 11 is 1.33. The number of thiazole rings is 1. The van der Waals surface area contributed by atoms with Crippen molar-refractivity contribution < 1.29 is 8.42 Å². The highest BCUT2D eigenvalue weighted by atomic mass is 32.2. The first-order chi connectivity index (χ1) is 9.42. The van der Waals surface area contributed by atoms with Gasteiger partial charge < -0.3 is 10.3 Å². The van der Waals surface area contributed by atoms with Crippen molar-refractivity contribution >= 4 is 26.5 Å². The fraction of sp³-hybridized carbons (Fsp3) is 0.417. The molecule has 110 valence electrons. The lowest BCUT2D eigenvalue weighted by Gasteiger charge is -2.01. The minimum atomic E-state index is -3.58. The zero-order chi connectivity index (χ0) is 14.8. The summed E-state index contributed by atoms with van der Waals surface area (Å²) in [6.45, 7) is 7.21. The zero-order valence-electron chi connectivity index (χ0n) is 11.6. The summed E-state index contributed by atoms with van der Waals surface area (Å²) in [7, 11) is -3.58. The number of nitrogens with zero attached hydrogens (tertiary/aromatic N) is 1. The van der Waals surface area contributed by atoms with Crippen LogP contribution in [0.4, 0.5) is 5.13 Å². The molecule has 6 nitrogen and oxygen atoms in total. The molecule has 0 bridgehead atoms. The van der Waals surface area contributed by atoms with Crippen molar-refractivity contribution in [2.24, 2.45) is 0 Å². The molecule has 0 saturated carbocycles. The molecule has 20 heavy (non-hydrogen) atoms. The van der Waals surface area contributed by atoms with Crippen molar-refractivity contribution in [3.63, 3.8) is 0 Å². The normalized spacial score (nSPS) is 11.8. The Balaban J connectivity index is 2.15. The topological polar surface area (TPSA) is 86.9 Å². The van der Waals surface area contributed by atoms with Crippen LogP contribution in [0.1, 0.15) is 23.2 Å². The van der Waals surface area contributed by atoms with Crippen molar-refractivity contribution in [2.75, 3.05) is 11.3 Å². The van der Waals surface area contributed by atoms with E-state index in [-0.39, 0.29) is 4.90 Å². The third kappa shape index (κ3) is 3.38. The summed E-state index contributed by atoms with van der Waals surface area (Å²) in [5.74, 6) is 0. The highest BCUT2D eigenvalue weighted by Gasteiger charge is 2.18. The largest absolute Gasteiger partial charge is 0.363 e. The Morgan fingerprint density at radius 2 is 2.15 bits per heavy atom. The molecule has 3 N–H and O–H groups in total. The van der Waals surface area contributed by atoms with E-state index in [0.29, 0.717) is 11.7 Å². The highest BCUT2D eigenvalue weighted by molar-refractivity contribution is 7.93. The Bertz CT molecular complexity index is 669. The first-order valence-corrected chi connectivity index (χ1v) is 8.57. The summed E-state index contributed by atoms with van der Waals surface area (Å²) in [4.78, 5) is 8.36. The van der Waals surface area contributed by atoms with Gasteiger partial charge in [0, 0.05) is 23.3 Å². The summed E-state index contributed by atoms with van der Waals surface area (Å²) < 4.78 is 27.0. The van der Waals surface area contributed by atoms with E-state index in [1.807, 2.05) is 20.8 Å². The van der Waals surface area contributed by atoms with E-state index in [4.69, 9.17) is 0 Å². The van der Waals surface area contributed by atoms with E-state index >= 15 is 0 Å². The minimum Gasteiger partial charge on any atom is -0.363 e. The SMILES string of the molecule is CCNCc1cc(S(=O)(=O)Nc2nc(C)c(C)s2)c[nH]1. The number of nitrogens with one attached hydrogen (secondary N) is 3. The van der Waals surface area contributed by atoms with Gasteiger partial charge in [0.25, 0.3) is 10.0 Å². The van der Waals surface area contributed by atoms with Crippen LogP contribution in [0, 0.1) is 13.8 Å². The maximum Gasteiger partial charge on any atom is 0.265 e. The first kappa shape index (κ1) is 15.0. The van der Waals surface area contributed by atoms with E-state index < -0.39 is 10.0 Å². The molecular formula is C12H18N4O2S2. The van der Waals surface area contributed by atoms with Crippen LogP contribution >= 0.6 is 11.3 Å². The van der Waals surface area contributed by atoms with Crippen LogP contribution in [-0.4, -0.2) is 24.9 Å². The van der Waals surface area contributed by atoms with Gasteiger partial charge in [0.15, 0.2) is 5.13 Å². The number of sulfonamides is 1. The molecule has 0 saturated heterocycles. The molecule has 2 heterocycles. The van der Waals surface area contributed by atoms with Gasteiger partial charge in [-0.2, -0.15) is 0 Å². The molecule has 8 heteroatoms. The fourth-order valence-corrected chi connectivity index (χ4v) is 3.69. The number of rotatable bonds is 6. The summed E-state index contributed by atoms with van der Waals surface area (Å²) in [5.41, 5.74) is 1.67. The van der Waals surface area contributed by atoms with Gasteiger partial charge >= 0.3 is 0 Å². The van der Waals surface area contributed by atoms with E-state index in [1.54, 1.807) is 6.07 Å². The van der Waals surface area contributed by atoms with E-state index in [9.17, 15) is 8.42 Å². The average Bonchev–Trinajstić information content (AvgIpc) is 2.95. The number of aromatic amines is 1. The molecule has 2 aromatic rings.